The summed E-state index contributed by atoms with van der Waals surface area (Å²) in [6.07, 6.45) is 2.03. The van der Waals surface area contributed by atoms with Crippen LogP contribution in [-0.2, 0) is 32.0 Å². The van der Waals surface area contributed by atoms with Crippen LogP contribution in [0.1, 0.15) is 31.0 Å². The smallest absolute Gasteiger partial charge is 0.326 e. The summed E-state index contributed by atoms with van der Waals surface area (Å²) < 4.78 is 0. The van der Waals surface area contributed by atoms with Gasteiger partial charge in [0, 0.05) is 31.3 Å². The molecule has 15 nitrogen and oxygen atoms in total. The molecule has 2 aromatic rings. The third kappa shape index (κ3) is 10.7. The van der Waals surface area contributed by atoms with Crippen molar-refractivity contribution in [3.05, 3.63) is 54.1 Å². The van der Waals surface area contributed by atoms with Gasteiger partial charge in [-0.05, 0) is 25.3 Å². The molecule has 0 aliphatic rings. The number of nitrogens with two attached hydrogens (primary N) is 3. The zero-order chi connectivity index (χ0) is 29.7. The van der Waals surface area contributed by atoms with Gasteiger partial charge in [-0.1, -0.05) is 30.3 Å². The quantitative estimate of drug-likeness (QED) is 0.0592. The topological polar surface area (TPSA) is 264 Å². The fraction of sp³-hybridized carbons (Fsp3) is 0.440. The molecule has 15 heteroatoms. The highest BCUT2D eigenvalue weighted by Crippen LogP contribution is 2.07. The highest BCUT2D eigenvalue weighted by Gasteiger charge is 2.32. The minimum atomic E-state index is -1.45. The number of carboxylic acid groups (broad SMARTS) is 1. The number of amides is 3. The third-order valence-corrected chi connectivity index (χ3v) is 5.88. The predicted molar refractivity (Wildman–Crippen MR) is 145 cm³/mol. The van der Waals surface area contributed by atoms with Gasteiger partial charge in [0.25, 0.3) is 0 Å². The van der Waals surface area contributed by atoms with Gasteiger partial charge in [0.2, 0.25) is 17.7 Å². The number of imidazole rings is 1. The number of rotatable bonds is 16. The van der Waals surface area contributed by atoms with Gasteiger partial charge in [0.05, 0.1) is 18.5 Å². The summed E-state index contributed by atoms with van der Waals surface area (Å²) in [4.78, 5) is 61.3. The van der Waals surface area contributed by atoms with Crippen molar-refractivity contribution in [2.45, 2.75) is 62.9 Å². The Morgan fingerprint density at radius 3 is 2.25 bits per heavy atom. The number of hydrogen-bond acceptors (Lipinski definition) is 8. The van der Waals surface area contributed by atoms with Crippen molar-refractivity contribution < 1.29 is 29.4 Å². The standard InChI is InChI=1S/C25H37N9O6/c1-14(35)20(34-21(36)17(26)8-5-9-30-25(27)28)23(38)32-18(11-16-12-29-13-31-16)22(37)33-19(24(39)40)10-15-6-3-2-4-7-15/h2-4,6-7,12-14,17-20,35H,5,8-11,26H2,1H3,(H,29,31)(H,32,38)(H,33,37)(H,34,36)(H,39,40)(H4,27,28,30). The monoisotopic (exact) mass is 559 g/mol. The van der Waals surface area contributed by atoms with Crippen molar-refractivity contribution in [2.75, 3.05) is 6.54 Å². The van der Waals surface area contributed by atoms with Gasteiger partial charge < -0.3 is 48.3 Å². The summed E-state index contributed by atoms with van der Waals surface area (Å²) in [6.45, 7) is 1.55. The molecule has 0 spiro atoms. The van der Waals surface area contributed by atoms with E-state index in [1.165, 1.54) is 19.4 Å². The molecule has 218 valence electrons. The van der Waals surface area contributed by atoms with E-state index in [1.54, 1.807) is 30.3 Å². The predicted octanol–water partition coefficient (Wildman–Crippen LogP) is -2.50. The number of H-pyrrole nitrogens is 1. The molecule has 5 unspecified atom stereocenters. The third-order valence-electron chi connectivity index (χ3n) is 5.88. The van der Waals surface area contributed by atoms with E-state index in [2.05, 4.69) is 30.9 Å². The highest BCUT2D eigenvalue weighted by atomic mass is 16.4. The molecule has 12 N–H and O–H groups in total. The molecule has 40 heavy (non-hydrogen) atoms. The van der Waals surface area contributed by atoms with Crippen molar-refractivity contribution in [1.29, 1.82) is 0 Å². The van der Waals surface area contributed by atoms with Crippen LogP contribution in [0, 0.1) is 0 Å². The summed E-state index contributed by atoms with van der Waals surface area (Å²) >= 11 is 0. The molecular formula is C25H37N9O6. The SMILES string of the molecule is CC(O)C(NC(=O)C(N)CCCN=C(N)N)C(=O)NC(Cc1cnc[nH]1)C(=O)NC(Cc1ccccc1)C(=O)O. The van der Waals surface area contributed by atoms with Gasteiger partial charge >= 0.3 is 5.97 Å². The van der Waals surface area contributed by atoms with Crippen molar-refractivity contribution in [3.8, 4) is 0 Å². The Morgan fingerprint density at radius 2 is 1.68 bits per heavy atom. The van der Waals surface area contributed by atoms with Gasteiger partial charge in [0.1, 0.15) is 18.1 Å². The van der Waals surface area contributed by atoms with Gasteiger partial charge in [0.15, 0.2) is 5.96 Å². The zero-order valence-electron chi connectivity index (χ0n) is 22.1. The van der Waals surface area contributed by atoms with Gasteiger partial charge in [-0.25, -0.2) is 9.78 Å². The maximum absolute atomic E-state index is 13.2. The molecule has 0 bridgehead atoms. The number of aliphatic carboxylic acids is 1. The molecule has 0 fully saturated rings. The van der Waals surface area contributed by atoms with Crippen molar-refractivity contribution in [2.24, 2.45) is 22.2 Å². The lowest BCUT2D eigenvalue weighted by molar-refractivity contribution is -0.142. The number of aliphatic hydroxyl groups excluding tert-OH is 1. The van der Waals surface area contributed by atoms with E-state index in [0.717, 1.165) is 0 Å². The van der Waals surface area contributed by atoms with E-state index >= 15 is 0 Å². The minimum absolute atomic E-state index is 0.0140. The van der Waals surface area contributed by atoms with Crippen molar-refractivity contribution in [3.63, 3.8) is 0 Å². The Labute approximate surface area is 231 Å². The van der Waals surface area contributed by atoms with Crippen LogP contribution in [0.5, 0.6) is 0 Å². The second kappa shape index (κ2) is 15.8. The highest BCUT2D eigenvalue weighted by molar-refractivity contribution is 5.94. The first-order valence-electron chi connectivity index (χ1n) is 12.6. The second-order valence-electron chi connectivity index (χ2n) is 9.21. The molecule has 1 aromatic carbocycles. The van der Waals surface area contributed by atoms with Crippen LogP contribution in [0.2, 0.25) is 0 Å². The summed E-state index contributed by atoms with van der Waals surface area (Å²) in [5, 5.41) is 27.3. The number of carbonyl (C=O) groups excluding carboxylic acids is 3. The van der Waals surface area contributed by atoms with Crippen LogP contribution >= 0.6 is 0 Å². The summed E-state index contributed by atoms with van der Waals surface area (Å²) in [6, 6.07) is 3.73. The molecule has 2 rings (SSSR count). The largest absolute Gasteiger partial charge is 0.480 e. The number of aliphatic imine (C=N–C) groups is 1. The molecule has 3 amide bonds. The number of hydrogen-bond donors (Lipinski definition) is 9. The molecule has 5 atom stereocenters. The first kappa shape index (κ1) is 31.7. The lowest BCUT2D eigenvalue weighted by atomic mass is 10.0. The number of carbonyl (C=O) groups is 4. The molecule has 0 saturated heterocycles. The molecule has 0 aliphatic carbocycles. The number of guanidine groups is 1. The maximum atomic E-state index is 13.2. The molecule has 1 aromatic heterocycles. The molecule has 0 radical (unpaired) electrons. The number of carboxylic acids is 1. The van der Waals surface area contributed by atoms with Gasteiger partial charge in [-0.3, -0.25) is 19.4 Å². The first-order chi connectivity index (χ1) is 19.0. The lowest BCUT2D eigenvalue weighted by Crippen LogP contribution is -2.60. The van der Waals surface area contributed by atoms with Gasteiger partial charge in [-0.15, -0.1) is 0 Å². The maximum Gasteiger partial charge on any atom is 0.326 e. The number of aromatic amines is 1. The lowest BCUT2D eigenvalue weighted by Gasteiger charge is -2.26. The number of benzene rings is 1. The fourth-order valence-corrected chi connectivity index (χ4v) is 3.73. The minimum Gasteiger partial charge on any atom is -0.480 e. The Hall–Kier alpha value is -4.50. The van der Waals surface area contributed by atoms with Crippen molar-refractivity contribution >= 4 is 29.7 Å². The number of aliphatic hydroxyl groups is 1. The van der Waals surface area contributed by atoms with Crippen LogP contribution in [0.25, 0.3) is 0 Å². The average molecular weight is 560 g/mol. The van der Waals surface area contributed by atoms with E-state index in [1.807, 2.05) is 0 Å². The summed E-state index contributed by atoms with van der Waals surface area (Å²) in [5.74, 6) is -3.70. The Kier molecular flexibility index (Phi) is 12.5. The Balaban J connectivity index is 2.12. The van der Waals surface area contributed by atoms with Crippen LogP contribution in [0.4, 0.5) is 0 Å². The number of nitrogens with one attached hydrogen (secondary N) is 4. The van der Waals surface area contributed by atoms with E-state index in [9.17, 15) is 29.4 Å². The van der Waals surface area contributed by atoms with E-state index in [0.29, 0.717) is 17.7 Å². The van der Waals surface area contributed by atoms with E-state index in [-0.39, 0.29) is 31.8 Å². The zero-order valence-corrected chi connectivity index (χ0v) is 22.1. The van der Waals surface area contributed by atoms with Crippen molar-refractivity contribution in [1.82, 2.24) is 25.9 Å². The Morgan fingerprint density at radius 1 is 1.00 bits per heavy atom. The van der Waals surface area contributed by atoms with E-state index in [4.69, 9.17) is 17.2 Å². The van der Waals surface area contributed by atoms with Crippen LogP contribution in [0.3, 0.4) is 0 Å². The second-order valence-corrected chi connectivity index (χ2v) is 9.21. The molecular weight excluding hydrogens is 522 g/mol. The van der Waals surface area contributed by atoms with E-state index < -0.39 is 54.0 Å². The van der Waals surface area contributed by atoms with Crippen LogP contribution < -0.4 is 33.2 Å². The normalized spacial score (nSPS) is 14.6. The fourth-order valence-electron chi connectivity index (χ4n) is 3.73. The molecule has 1 heterocycles. The van der Waals surface area contributed by atoms with Crippen LogP contribution in [0.15, 0.2) is 47.8 Å². The molecule has 0 aliphatic heterocycles. The number of nitrogens with zero attached hydrogens (tertiary/aromatic N) is 2. The first-order valence-corrected chi connectivity index (χ1v) is 12.6. The van der Waals surface area contributed by atoms with Crippen LogP contribution in [-0.4, -0.2) is 86.6 Å². The van der Waals surface area contributed by atoms with Gasteiger partial charge in [-0.2, -0.15) is 0 Å². The molecule has 0 saturated carbocycles. The average Bonchev–Trinajstić information content (AvgIpc) is 3.42. The summed E-state index contributed by atoms with van der Waals surface area (Å²) in [7, 11) is 0. The number of aromatic nitrogens is 2. The Bertz CT molecular complexity index is 1140. The summed E-state index contributed by atoms with van der Waals surface area (Å²) in [5.41, 5.74) is 17.6.